The largest absolute Gasteiger partial charge is 0.463 e. The molecule has 1 aliphatic rings. The highest BCUT2D eigenvalue weighted by Gasteiger charge is 2.50. The third-order valence-electron chi connectivity index (χ3n) is 3.70. The van der Waals surface area contributed by atoms with Gasteiger partial charge in [-0.25, -0.2) is 0 Å². The molecule has 0 spiro atoms. The number of carbonyl (C=O) groups excluding carboxylic acids is 4. The molecule has 1 aliphatic heterocycles. The Hall–Kier alpha value is -1.56. The van der Waals surface area contributed by atoms with Crippen molar-refractivity contribution in [2.75, 3.05) is 18.2 Å². The molecule has 1 saturated heterocycles. The Bertz CT molecular complexity index is 605. The molecule has 1 heterocycles. The summed E-state index contributed by atoms with van der Waals surface area (Å²) in [5, 5.41) is 12.4. The first-order chi connectivity index (χ1) is 13.5. The van der Waals surface area contributed by atoms with Gasteiger partial charge in [-0.1, -0.05) is 0 Å². The Morgan fingerprint density at radius 1 is 1.07 bits per heavy atom. The predicted molar refractivity (Wildman–Crippen MR) is 103 cm³/mol. The Morgan fingerprint density at radius 3 is 2.14 bits per heavy atom. The number of rotatable bonds is 9. The van der Waals surface area contributed by atoms with E-state index in [0.29, 0.717) is 0 Å². The van der Waals surface area contributed by atoms with Crippen LogP contribution in [0.1, 0.15) is 27.7 Å². The van der Waals surface area contributed by atoms with Gasteiger partial charge in [0.2, 0.25) is 5.91 Å². The molecule has 166 valence electrons. The number of halogens is 1. The van der Waals surface area contributed by atoms with Crippen molar-refractivity contribution in [2.24, 2.45) is 0 Å². The molecule has 29 heavy (non-hydrogen) atoms. The van der Waals surface area contributed by atoms with Gasteiger partial charge < -0.3 is 29.4 Å². The van der Waals surface area contributed by atoms with Crippen molar-refractivity contribution in [3.05, 3.63) is 0 Å². The van der Waals surface area contributed by atoms with E-state index in [1.807, 2.05) is 0 Å². The van der Waals surface area contributed by atoms with Crippen LogP contribution in [-0.2, 0) is 38.1 Å². The van der Waals surface area contributed by atoms with E-state index < -0.39 is 59.7 Å². The normalized spacial score (nSPS) is 27.4. The number of hydrogen-bond donors (Lipinski definition) is 2. The van der Waals surface area contributed by atoms with E-state index in [4.69, 9.17) is 30.5 Å². The third kappa shape index (κ3) is 8.77. The Labute approximate surface area is 177 Å². The van der Waals surface area contributed by atoms with E-state index in [0.717, 1.165) is 11.8 Å². The van der Waals surface area contributed by atoms with Gasteiger partial charge >= 0.3 is 17.9 Å². The van der Waals surface area contributed by atoms with Crippen molar-refractivity contribution in [1.29, 1.82) is 0 Å². The third-order valence-corrected chi connectivity index (χ3v) is 5.37. The summed E-state index contributed by atoms with van der Waals surface area (Å²) in [7, 11) is 0. The van der Waals surface area contributed by atoms with Gasteiger partial charge in [0.1, 0.15) is 24.2 Å². The minimum Gasteiger partial charge on any atom is -0.463 e. The molecule has 0 aromatic heterocycles. The van der Waals surface area contributed by atoms with Crippen LogP contribution >= 0.6 is 23.4 Å². The molecule has 0 saturated carbocycles. The molecule has 0 bridgehead atoms. The van der Waals surface area contributed by atoms with Crippen molar-refractivity contribution in [1.82, 2.24) is 5.32 Å². The van der Waals surface area contributed by atoms with Gasteiger partial charge in [0.05, 0.1) is 6.10 Å². The summed E-state index contributed by atoms with van der Waals surface area (Å²) in [6.45, 7) is 4.54. The second-order valence-corrected chi connectivity index (χ2v) is 7.80. The number of ether oxygens (including phenoxy) is 4. The molecule has 0 aliphatic carbocycles. The number of aliphatic hydroxyl groups excluding tert-OH is 1. The minimum atomic E-state index is -1.14. The average Bonchev–Trinajstić information content (AvgIpc) is 2.60. The van der Waals surface area contributed by atoms with Crippen molar-refractivity contribution >= 4 is 47.2 Å². The van der Waals surface area contributed by atoms with Crippen LogP contribution in [0.2, 0.25) is 0 Å². The number of thioether (sulfide) groups is 1. The van der Waals surface area contributed by atoms with Gasteiger partial charge in [0.15, 0.2) is 12.2 Å². The summed E-state index contributed by atoms with van der Waals surface area (Å²) in [6.07, 6.45) is -4.06. The van der Waals surface area contributed by atoms with E-state index >= 15 is 0 Å². The lowest BCUT2D eigenvalue weighted by Crippen LogP contribution is -2.65. The average molecular weight is 456 g/mol. The first-order valence-electron chi connectivity index (χ1n) is 8.81. The first kappa shape index (κ1) is 25.5. The zero-order valence-electron chi connectivity index (χ0n) is 16.6. The lowest BCUT2D eigenvalue weighted by atomic mass is 9.97. The molecule has 0 radical (unpaired) electrons. The van der Waals surface area contributed by atoms with Crippen LogP contribution in [0.3, 0.4) is 0 Å². The van der Waals surface area contributed by atoms with E-state index in [2.05, 4.69) is 5.32 Å². The van der Waals surface area contributed by atoms with Crippen LogP contribution in [0.25, 0.3) is 0 Å². The van der Waals surface area contributed by atoms with Gasteiger partial charge in [-0.2, -0.15) is 0 Å². The number of hydrogen-bond acceptors (Lipinski definition) is 10. The monoisotopic (exact) mass is 455 g/mol. The molecule has 12 heteroatoms. The second-order valence-electron chi connectivity index (χ2n) is 6.36. The van der Waals surface area contributed by atoms with Crippen LogP contribution in [-0.4, -0.2) is 83.1 Å². The zero-order valence-corrected chi connectivity index (χ0v) is 18.2. The maximum Gasteiger partial charge on any atom is 0.303 e. The summed E-state index contributed by atoms with van der Waals surface area (Å²) in [5.41, 5.74) is -0.812. The highest BCUT2D eigenvalue weighted by atomic mass is 35.5. The number of esters is 3. The summed E-state index contributed by atoms with van der Waals surface area (Å²) in [4.78, 5) is 46.3. The van der Waals surface area contributed by atoms with Crippen molar-refractivity contribution in [3.8, 4) is 0 Å². The molecule has 2 N–H and O–H groups in total. The lowest BCUT2D eigenvalue weighted by Gasteiger charge is -2.45. The number of carbonyl (C=O) groups is 4. The van der Waals surface area contributed by atoms with Crippen LogP contribution < -0.4 is 5.32 Å². The van der Waals surface area contributed by atoms with E-state index in [-0.39, 0.29) is 18.2 Å². The number of aliphatic hydroxyl groups is 1. The maximum absolute atomic E-state index is 11.7. The van der Waals surface area contributed by atoms with E-state index in [1.165, 1.54) is 27.7 Å². The fourth-order valence-corrected chi connectivity index (χ4v) is 4.10. The molecular formula is C17H26ClNO9S. The summed E-state index contributed by atoms with van der Waals surface area (Å²) < 4.78 is 21.6. The van der Waals surface area contributed by atoms with Crippen LogP contribution in [0, 0.1) is 0 Å². The molecule has 0 aromatic rings. The van der Waals surface area contributed by atoms with E-state index in [9.17, 15) is 24.3 Å². The minimum absolute atomic E-state index is 0.00908. The Balaban J connectivity index is 3.24. The van der Waals surface area contributed by atoms with Crippen LogP contribution in [0.15, 0.2) is 0 Å². The van der Waals surface area contributed by atoms with E-state index in [1.54, 1.807) is 0 Å². The molecule has 10 nitrogen and oxygen atoms in total. The SMILES string of the molecule is CC(=O)N[C@H]1[C@H](OC(C)=O)[C@@H](OC(C)=O)[C@@H](COC(C)=O)O[C@H]1SC[C@H](O)CCl. The molecule has 1 rings (SSSR count). The fourth-order valence-electron chi connectivity index (χ4n) is 2.68. The quantitative estimate of drug-likeness (QED) is 0.277. The summed E-state index contributed by atoms with van der Waals surface area (Å²) in [6, 6.07) is -0.901. The molecule has 1 fully saturated rings. The summed E-state index contributed by atoms with van der Waals surface area (Å²) in [5.74, 6) is -2.20. The second kappa shape index (κ2) is 12.2. The number of nitrogens with one attached hydrogen (secondary N) is 1. The fraction of sp³-hybridized carbons (Fsp3) is 0.765. The Kier molecular flexibility index (Phi) is 10.7. The lowest BCUT2D eigenvalue weighted by molar-refractivity contribution is -0.211. The smallest absolute Gasteiger partial charge is 0.303 e. The predicted octanol–water partition coefficient (Wildman–Crippen LogP) is -0.0246. The number of alkyl halides is 1. The van der Waals surface area contributed by atoms with Crippen LogP contribution in [0.5, 0.6) is 0 Å². The topological polar surface area (TPSA) is 137 Å². The van der Waals surface area contributed by atoms with Gasteiger partial charge in [-0.05, 0) is 0 Å². The van der Waals surface area contributed by atoms with Gasteiger partial charge in [-0.15, -0.1) is 23.4 Å². The van der Waals surface area contributed by atoms with Crippen LogP contribution in [0.4, 0.5) is 0 Å². The summed E-state index contributed by atoms with van der Waals surface area (Å²) >= 11 is 6.75. The zero-order chi connectivity index (χ0) is 22.1. The van der Waals surface area contributed by atoms with Gasteiger partial charge in [0, 0.05) is 39.3 Å². The van der Waals surface area contributed by atoms with Gasteiger partial charge in [0.25, 0.3) is 0 Å². The van der Waals surface area contributed by atoms with Crippen molar-refractivity contribution in [2.45, 2.75) is 63.6 Å². The molecule has 1 amide bonds. The van der Waals surface area contributed by atoms with Crippen molar-refractivity contribution < 1.29 is 43.2 Å². The Morgan fingerprint density at radius 2 is 1.66 bits per heavy atom. The molecule has 0 aromatic carbocycles. The standard InChI is InChI=1S/C17H26ClNO9S/c1-8(20)19-14-16(27-11(4)23)15(26-10(3)22)13(6-25-9(2)21)28-17(14)29-7-12(24)5-18/h12-17,24H,5-7H2,1-4H3,(H,19,20)/t12-,13-,14+,15+,16+,17+/m1/s1. The molecule has 0 unspecified atom stereocenters. The molecule has 6 atom stereocenters. The highest BCUT2D eigenvalue weighted by Crippen LogP contribution is 2.33. The maximum atomic E-state index is 11.7. The number of amides is 1. The van der Waals surface area contributed by atoms with Gasteiger partial charge in [-0.3, -0.25) is 19.2 Å². The highest BCUT2D eigenvalue weighted by molar-refractivity contribution is 7.99. The molecular weight excluding hydrogens is 430 g/mol. The van der Waals surface area contributed by atoms with Crippen molar-refractivity contribution in [3.63, 3.8) is 0 Å². The first-order valence-corrected chi connectivity index (χ1v) is 10.4.